The van der Waals surface area contributed by atoms with Crippen molar-refractivity contribution in [2.45, 2.75) is 51.9 Å². The Kier molecular flexibility index (Phi) is 2.27. The molecule has 13 heavy (non-hydrogen) atoms. The first-order valence-corrected chi connectivity index (χ1v) is 5.45. The van der Waals surface area contributed by atoms with E-state index in [0.717, 1.165) is 19.3 Å². The fourth-order valence-electron chi connectivity index (χ4n) is 2.88. The van der Waals surface area contributed by atoms with Crippen LogP contribution in [0.4, 0.5) is 0 Å². The van der Waals surface area contributed by atoms with Gasteiger partial charge in [0, 0.05) is 5.41 Å². The molecule has 0 unspecified atom stereocenters. The van der Waals surface area contributed by atoms with Crippen molar-refractivity contribution in [2.24, 2.45) is 5.41 Å². The molecule has 0 heterocycles. The largest absolute Gasteiger partial charge is 0.294 e. The molecule has 1 heteroatoms. The minimum Gasteiger partial charge on any atom is -0.294 e. The van der Waals surface area contributed by atoms with Gasteiger partial charge in [-0.3, -0.25) is 4.79 Å². The first-order chi connectivity index (χ1) is 6.23. The third-order valence-electron chi connectivity index (χ3n) is 3.58. The predicted molar refractivity (Wildman–Crippen MR) is 53.5 cm³/mol. The summed E-state index contributed by atoms with van der Waals surface area (Å²) in [5.74, 6) is 0.423. The number of allylic oxidation sites excluding steroid dienone is 2. The molecule has 0 bridgehead atoms. The molecule has 1 fully saturated rings. The van der Waals surface area contributed by atoms with Gasteiger partial charge < -0.3 is 0 Å². The van der Waals surface area contributed by atoms with Crippen LogP contribution in [0.2, 0.25) is 0 Å². The van der Waals surface area contributed by atoms with E-state index in [4.69, 9.17) is 0 Å². The Bertz CT molecular complexity index is 242. The summed E-state index contributed by atoms with van der Waals surface area (Å²) < 4.78 is 0. The van der Waals surface area contributed by atoms with Crippen LogP contribution < -0.4 is 0 Å². The second kappa shape index (κ2) is 3.28. The zero-order chi connectivity index (χ0) is 9.31. The van der Waals surface area contributed by atoms with Crippen LogP contribution in [-0.2, 0) is 4.79 Å². The number of hydrogen-bond acceptors (Lipinski definition) is 1. The van der Waals surface area contributed by atoms with Crippen LogP contribution in [0.5, 0.6) is 0 Å². The van der Waals surface area contributed by atoms with Gasteiger partial charge in [0.25, 0.3) is 0 Å². The van der Waals surface area contributed by atoms with Crippen molar-refractivity contribution in [1.29, 1.82) is 0 Å². The molecule has 0 radical (unpaired) electrons. The van der Waals surface area contributed by atoms with Crippen LogP contribution in [0.1, 0.15) is 51.9 Å². The van der Waals surface area contributed by atoms with E-state index in [0.29, 0.717) is 5.78 Å². The molecule has 0 N–H and O–H groups in total. The minimum absolute atomic E-state index is 0.0561. The van der Waals surface area contributed by atoms with Crippen molar-refractivity contribution in [3.05, 3.63) is 11.6 Å². The number of carbonyl (C=O) groups excluding carboxylic acids is 1. The van der Waals surface area contributed by atoms with Gasteiger partial charge in [-0.1, -0.05) is 31.3 Å². The summed E-state index contributed by atoms with van der Waals surface area (Å²) in [6, 6.07) is 0. The number of hydrogen-bond donors (Lipinski definition) is 0. The summed E-state index contributed by atoms with van der Waals surface area (Å²) in [6.07, 6.45) is 10.4. The highest BCUT2D eigenvalue weighted by atomic mass is 16.1. The molecular weight excluding hydrogens is 160 g/mol. The lowest BCUT2D eigenvalue weighted by Crippen LogP contribution is -2.25. The van der Waals surface area contributed by atoms with Gasteiger partial charge in [-0.05, 0) is 32.3 Å². The molecule has 0 aliphatic heterocycles. The van der Waals surface area contributed by atoms with E-state index in [2.05, 4.69) is 6.92 Å². The number of ketones is 1. The van der Waals surface area contributed by atoms with Crippen molar-refractivity contribution < 1.29 is 4.79 Å². The van der Waals surface area contributed by atoms with Gasteiger partial charge in [-0.15, -0.1) is 0 Å². The Hall–Kier alpha value is -0.590. The van der Waals surface area contributed by atoms with Crippen molar-refractivity contribution in [1.82, 2.24) is 0 Å². The predicted octanol–water partition coefficient (Wildman–Crippen LogP) is 3.25. The maximum absolute atomic E-state index is 11.8. The number of carbonyl (C=O) groups is 1. The van der Waals surface area contributed by atoms with Gasteiger partial charge in [-0.2, -0.15) is 0 Å². The van der Waals surface area contributed by atoms with E-state index in [1.54, 1.807) is 0 Å². The van der Waals surface area contributed by atoms with Crippen LogP contribution in [0.15, 0.2) is 11.6 Å². The van der Waals surface area contributed by atoms with Crippen molar-refractivity contribution in [3.8, 4) is 0 Å². The SMILES string of the molecule is CC1=CC(=O)C2(CCCCCC2)C1. The Morgan fingerprint density at radius 3 is 2.23 bits per heavy atom. The van der Waals surface area contributed by atoms with Crippen LogP contribution in [-0.4, -0.2) is 5.78 Å². The lowest BCUT2D eigenvalue weighted by atomic mass is 9.77. The van der Waals surface area contributed by atoms with Gasteiger partial charge in [0.05, 0.1) is 0 Å². The molecule has 2 rings (SSSR count). The lowest BCUT2D eigenvalue weighted by molar-refractivity contribution is -0.123. The zero-order valence-corrected chi connectivity index (χ0v) is 8.44. The van der Waals surface area contributed by atoms with Crippen LogP contribution in [0, 0.1) is 5.41 Å². The third-order valence-corrected chi connectivity index (χ3v) is 3.58. The van der Waals surface area contributed by atoms with Gasteiger partial charge in [0.15, 0.2) is 5.78 Å². The summed E-state index contributed by atoms with van der Waals surface area (Å²) in [5, 5.41) is 0. The summed E-state index contributed by atoms with van der Waals surface area (Å²) in [6.45, 7) is 2.09. The monoisotopic (exact) mass is 178 g/mol. The molecule has 0 amide bonds. The average Bonchev–Trinajstić information content (AvgIpc) is 2.29. The second-order valence-electron chi connectivity index (χ2n) is 4.73. The van der Waals surface area contributed by atoms with E-state index in [9.17, 15) is 4.79 Å². The van der Waals surface area contributed by atoms with Crippen molar-refractivity contribution in [2.75, 3.05) is 0 Å². The van der Waals surface area contributed by atoms with Gasteiger partial charge in [-0.25, -0.2) is 0 Å². The molecule has 0 saturated heterocycles. The molecule has 0 aromatic rings. The van der Waals surface area contributed by atoms with E-state index in [1.807, 2.05) is 6.08 Å². The minimum atomic E-state index is 0.0561. The Morgan fingerprint density at radius 1 is 1.15 bits per heavy atom. The van der Waals surface area contributed by atoms with Crippen molar-refractivity contribution in [3.63, 3.8) is 0 Å². The average molecular weight is 178 g/mol. The third kappa shape index (κ3) is 1.56. The van der Waals surface area contributed by atoms with E-state index in [1.165, 1.54) is 31.3 Å². The zero-order valence-electron chi connectivity index (χ0n) is 8.44. The Morgan fingerprint density at radius 2 is 1.77 bits per heavy atom. The molecule has 1 nitrogen and oxygen atoms in total. The summed E-state index contributed by atoms with van der Waals surface area (Å²) in [7, 11) is 0. The van der Waals surface area contributed by atoms with E-state index in [-0.39, 0.29) is 5.41 Å². The standard InChI is InChI=1S/C12H18O/c1-10-8-11(13)12(9-10)6-4-2-3-5-7-12/h8H,2-7,9H2,1H3. The highest BCUT2D eigenvalue weighted by Crippen LogP contribution is 2.44. The Labute approximate surface area is 80.2 Å². The maximum Gasteiger partial charge on any atom is 0.162 e. The molecule has 2 aliphatic carbocycles. The maximum atomic E-state index is 11.8. The molecule has 0 aromatic heterocycles. The Balaban J connectivity index is 2.16. The smallest absolute Gasteiger partial charge is 0.162 e. The summed E-state index contributed by atoms with van der Waals surface area (Å²) >= 11 is 0. The first-order valence-electron chi connectivity index (χ1n) is 5.45. The van der Waals surface area contributed by atoms with E-state index >= 15 is 0 Å². The highest BCUT2D eigenvalue weighted by Gasteiger charge is 2.40. The summed E-state index contributed by atoms with van der Waals surface area (Å²) in [5.41, 5.74) is 1.35. The van der Waals surface area contributed by atoms with Crippen molar-refractivity contribution >= 4 is 5.78 Å². The van der Waals surface area contributed by atoms with E-state index < -0.39 is 0 Å². The fourth-order valence-corrected chi connectivity index (χ4v) is 2.88. The van der Waals surface area contributed by atoms with Crippen LogP contribution >= 0.6 is 0 Å². The number of rotatable bonds is 0. The van der Waals surface area contributed by atoms with Crippen LogP contribution in [0.25, 0.3) is 0 Å². The molecule has 2 aliphatic rings. The molecular formula is C12H18O. The van der Waals surface area contributed by atoms with Gasteiger partial charge in [0.2, 0.25) is 0 Å². The van der Waals surface area contributed by atoms with Gasteiger partial charge in [0.1, 0.15) is 0 Å². The second-order valence-corrected chi connectivity index (χ2v) is 4.73. The van der Waals surface area contributed by atoms with Gasteiger partial charge >= 0.3 is 0 Å². The molecule has 72 valence electrons. The quantitative estimate of drug-likeness (QED) is 0.556. The van der Waals surface area contributed by atoms with Crippen LogP contribution in [0.3, 0.4) is 0 Å². The first kappa shape index (κ1) is 8.98. The topological polar surface area (TPSA) is 17.1 Å². The molecule has 1 spiro atoms. The lowest BCUT2D eigenvalue weighted by Gasteiger charge is -2.25. The molecule has 1 saturated carbocycles. The normalized spacial score (nSPS) is 27.5. The highest BCUT2D eigenvalue weighted by molar-refractivity contribution is 5.98. The molecule has 0 atom stereocenters. The molecule has 0 aromatic carbocycles. The summed E-state index contributed by atoms with van der Waals surface area (Å²) in [4.78, 5) is 11.8. The fraction of sp³-hybridized carbons (Fsp3) is 0.750.